The van der Waals surface area contributed by atoms with Crippen molar-refractivity contribution in [3.05, 3.63) is 35.9 Å². The molecule has 1 aliphatic heterocycles. The van der Waals surface area contributed by atoms with Crippen LogP contribution in [0.4, 0.5) is 13.2 Å². The fourth-order valence-corrected chi connectivity index (χ4v) is 3.83. The van der Waals surface area contributed by atoms with Gasteiger partial charge in [-0.25, -0.2) is 4.79 Å². The van der Waals surface area contributed by atoms with E-state index in [1.165, 1.54) is 5.56 Å². The average molecular weight is 460 g/mol. The Morgan fingerprint density at radius 1 is 1.22 bits per heavy atom. The van der Waals surface area contributed by atoms with Gasteiger partial charge in [-0.05, 0) is 38.9 Å². The molecule has 3 rings (SSSR count). The lowest BCUT2D eigenvalue weighted by molar-refractivity contribution is -0.192. The van der Waals surface area contributed by atoms with Gasteiger partial charge in [-0.3, -0.25) is 4.79 Å². The molecule has 1 N–H and O–H groups in total. The summed E-state index contributed by atoms with van der Waals surface area (Å²) in [5.74, 6) is -2.51. The van der Waals surface area contributed by atoms with Crippen LogP contribution in [0.3, 0.4) is 0 Å². The zero-order valence-corrected chi connectivity index (χ0v) is 18.4. The first-order chi connectivity index (χ1) is 15.1. The molecule has 3 atom stereocenters. The van der Waals surface area contributed by atoms with Crippen molar-refractivity contribution in [2.45, 2.75) is 50.1 Å². The van der Waals surface area contributed by atoms with Crippen molar-refractivity contribution in [1.82, 2.24) is 9.80 Å². The van der Waals surface area contributed by atoms with Crippen LogP contribution in [-0.2, 0) is 25.5 Å². The maximum atomic E-state index is 12.7. The molecule has 32 heavy (non-hydrogen) atoms. The minimum atomic E-state index is -5.08. The molecule has 0 bridgehead atoms. The second-order valence-corrected chi connectivity index (χ2v) is 8.07. The van der Waals surface area contributed by atoms with Gasteiger partial charge in [0.1, 0.15) is 6.10 Å². The van der Waals surface area contributed by atoms with Crippen LogP contribution in [0, 0.1) is 0 Å². The molecule has 1 saturated carbocycles. The van der Waals surface area contributed by atoms with Crippen LogP contribution in [0.1, 0.15) is 24.8 Å². The van der Waals surface area contributed by atoms with Gasteiger partial charge in [-0.15, -0.1) is 0 Å². The van der Waals surface area contributed by atoms with Crippen LogP contribution < -0.4 is 0 Å². The van der Waals surface area contributed by atoms with E-state index < -0.39 is 12.1 Å². The predicted molar refractivity (Wildman–Crippen MR) is 111 cm³/mol. The minimum absolute atomic E-state index is 0.0385. The minimum Gasteiger partial charge on any atom is -0.475 e. The summed E-state index contributed by atoms with van der Waals surface area (Å²) in [6.45, 7) is 2.95. The number of halogens is 3. The first-order valence-electron chi connectivity index (χ1n) is 10.6. The van der Waals surface area contributed by atoms with Crippen molar-refractivity contribution in [3.63, 3.8) is 0 Å². The zero-order chi connectivity index (χ0) is 23.7. The van der Waals surface area contributed by atoms with Crippen molar-refractivity contribution in [1.29, 1.82) is 0 Å². The molecule has 1 heterocycles. The van der Waals surface area contributed by atoms with E-state index in [0.29, 0.717) is 26.2 Å². The number of carbonyl (C=O) groups excluding carboxylic acids is 1. The lowest BCUT2D eigenvalue weighted by atomic mass is 10.1. The van der Waals surface area contributed by atoms with Crippen LogP contribution >= 0.6 is 0 Å². The van der Waals surface area contributed by atoms with Gasteiger partial charge in [0, 0.05) is 19.5 Å². The summed E-state index contributed by atoms with van der Waals surface area (Å²) < 4.78 is 43.8. The number of hydrogen-bond acceptors (Lipinski definition) is 5. The third-order valence-corrected chi connectivity index (χ3v) is 5.44. The first-order valence-corrected chi connectivity index (χ1v) is 10.6. The smallest absolute Gasteiger partial charge is 0.475 e. The molecular formula is C22H31F3N2O5. The Bertz CT molecular complexity index is 730. The van der Waals surface area contributed by atoms with Crippen LogP contribution in [0.25, 0.3) is 0 Å². The average Bonchev–Trinajstić information content (AvgIpc) is 3.15. The van der Waals surface area contributed by atoms with Gasteiger partial charge in [0.15, 0.2) is 0 Å². The number of benzene rings is 1. The summed E-state index contributed by atoms with van der Waals surface area (Å²) in [6, 6.07) is 10.4. The highest BCUT2D eigenvalue weighted by Gasteiger charge is 2.44. The number of alkyl halides is 3. The second kappa shape index (κ2) is 12.2. The topological polar surface area (TPSA) is 79.3 Å². The zero-order valence-electron chi connectivity index (χ0n) is 18.4. The quantitative estimate of drug-likeness (QED) is 0.674. The van der Waals surface area contributed by atoms with Crippen LogP contribution in [0.5, 0.6) is 0 Å². The van der Waals surface area contributed by atoms with E-state index in [4.69, 9.17) is 19.4 Å². The Hall–Kier alpha value is -2.17. The van der Waals surface area contributed by atoms with Gasteiger partial charge < -0.3 is 24.4 Å². The fraction of sp³-hybridized carbons (Fsp3) is 0.636. The molecule has 180 valence electrons. The van der Waals surface area contributed by atoms with Crippen molar-refractivity contribution >= 4 is 11.9 Å². The van der Waals surface area contributed by atoms with Crippen molar-refractivity contribution < 1.29 is 37.3 Å². The molecule has 0 radical (unpaired) electrons. The second-order valence-electron chi connectivity index (χ2n) is 8.07. The number of nitrogens with zero attached hydrogens (tertiary/aromatic N) is 2. The number of morpholine rings is 1. The summed E-state index contributed by atoms with van der Waals surface area (Å²) in [7, 11) is 4.09. The highest BCUT2D eigenvalue weighted by molar-refractivity contribution is 5.77. The van der Waals surface area contributed by atoms with E-state index in [1.54, 1.807) is 0 Å². The summed E-state index contributed by atoms with van der Waals surface area (Å²) >= 11 is 0. The van der Waals surface area contributed by atoms with Crippen LogP contribution in [-0.4, -0.2) is 91.6 Å². The van der Waals surface area contributed by atoms with Crippen LogP contribution in [0.15, 0.2) is 30.3 Å². The van der Waals surface area contributed by atoms with Gasteiger partial charge in [0.2, 0.25) is 5.91 Å². The fourth-order valence-electron chi connectivity index (χ4n) is 3.83. The Balaban J connectivity index is 0.000000451. The van der Waals surface area contributed by atoms with E-state index in [2.05, 4.69) is 17.0 Å². The Morgan fingerprint density at radius 2 is 1.88 bits per heavy atom. The SMILES string of the molecule is CN(C)CCO[C@@H]1CC[C@H]2[C@H]1OCCN2C(=O)CCc1ccccc1.O=C(O)C(F)(F)F. The van der Waals surface area contributed by atoms with E-state index in [1.807, 2.05) is 37.2 Å². The number of likely N-dealkylation sites (N-methyl/N-ethyl adjacent to an activating group) is 1. The molecule has 1 aromatic carbocycles. The summed E-state index contributed by atoms with van der Waals surface area (Å²) in [5, 5.41) is 7.12. The highest BCUT2D eigenvalue weighted by atomic mass is 19.4. The standard InChI is InChI=1S/C20H30N2O3.C2HF3O2/c1-21(2)12-14-24-18-10-9-17-20(18)25-15-13-22(17)19(23)11-8-16-6-4-3-5-7-16;3-2(4,5)1(6)7/h3-7,17-18,20H,8-15H2,1-2H3;(H,6,7)/t17-,18+,20+;/m0./s1. The van der Waals surface area contributed by atoms with Gasteiger partial charge in [0.05, 0.1) is 25.4 Å². The molecule has 1 saturated heterocycles. The van der Waals surface area contributed by atoms with Gasteiger partial charge in [-0.2, -0.15) is 13.2 Å². The van der Waals surface area contributed by atoms with Crippen molar-refractivity contribution in [2.75, 3.05) is 40.4 Å². The van der Waals surface area contributed by atoms with Crippen molar-refractivity contribution in [3.8, 4) is 0 Å². The number of carboxylic acids is 1. The monoisotopic (exact) mass is 460 g/mol. The molecule has 2 aliphatic rings. The number of carboxylic acid groups (broad SMARTS) is 1. The number of fused-ring (bicyclic) bond motifs is 1. The number of carbonyl (C=O) groups is 2. The molecule has 0 spiro atoms. The molecule has 0 aromatic heterocycles. The normalized spacial score (nSPS) is 22.8. The van der Waals surface area contributed by atoms with Gasteiger partial charge in [-0.1, -0.05) is 30.3 Å². The Labute approximate surface area is 186 Å². The van der Waals surface area contributed by atoms with E-state index >= 15 is 0 Å². The van der Waals surface area contributed by atoms with E-state index in [0.717, 1.165) is 25.8 Å². The largest absolute Gasteiger partial charge is 0.490 e. The number of ether oxygens (including phenoxy) is 2. The highest BCUT2D eigenvalue weighted by Crippen LogP contribution is 2.32. The summed E-state index contributed by atoms with van der Waals surface area (Å²) in [6.07, 6.45) is -1.60. The van der Waals surface area contributed by atoms with Gasteiger partial charge >= 0.3 is 12.1 Å². The number of aliphatic carboxylic acids is 1. The lowest BCUT2D eigenvalue weighted by Gasteiger charge is -2.39. The Kier molecular flexibility index (Phi) is 9.92. The number of hydrogen-bond donors (Lipinski definition) is 1. The maximum absolute atomic E-state index is 12.7. The first kappa shape index (κ1) is 26.1. The number of rotatable bonds is 7. The molecule has 2 fully saturated rings. The third-order valence-electron chi connectivity index (χ3n) is 5.44. The number of aryl methyl sites for hydroxylation is 1. The maximum Gasteiger partial charge on any atom is 0.490 e. The molecule has 7 nitrogen and oxygen atoms in total. The number of amides is 1. The third kappa shape index (κ3) is 8.07. The molecule has 1 aliphatic carbocycles. The van der Waals surface area contributed by atoms with Crippen molar-refractivity contribution in [2.24, 2.45) is 0 Å². The predicted octanol–water partition coefficient (Wildman–Crippen LogP) is 2.59. The van der Waals surface area contributed by atoms with E-state index in [9.17, 15) is 18.0 Å². The lowest BCUT2D eigenvalue weighted by Crippen LogP contribution is -2.54. The molecule has 10 heteroatoms. The molecule has 1 aromatic rings. The molecule has 1 amide bonds. The van der Waals surface area contributed by atoms with Crippen LogP contribution in [0.2, 0.25) is 0 Å². The summed E-state index contributed by atoms with van der Waals surface area (Å²) in [4.78, 5) is 25.8. The van der Waals surface area contributed by atoms with E-state index in [-0.39, 0.29) is 24.2 Å². The molecular weight excluding hydrogens is 429 g/mol. The van der Waals surface area contributed by atoms with Gasteiger partial charge in [0.25, 0.3) is 0 Å². The summed E-state index contributed by atoms with van der Waals surface area (Å²) in [5.41, 5.74) is 1.22. The Morgan fingerprint density at radius 3 is 2.47 bits per heavy atom. The molecule has 0 unspecified atom stereocenters.